The van der Waals surface area contributed by atoms with Crippen LogP contribution in [0.25, 0.3) is 0 Å². The summed E-state index contributed by atoms with van der Waals surface area (Å²) in [5.41, 5.74) is 0.203. The van der Waals surface area contributed by atoms with E-state index in [0.29, 0.717) is 24.4 Å². The van der Waals surface area contributed by atoms with Gasteiger partial charge in [0.25, 0.3) is 5.91 Å². The summed E-state index contributed by atoms with van der Waals surface area (Å²) in [4.78, 5) is 15.9. The van der Waals surface area contributed by atoms with Gasteiger partial charge in [0.1, 0.15) is 0 Å². The Labute approximate surface area is 136 Å². The van der Waals surface area contributed by atoms with Crippen molar-refractivity contribution < 1.29 is 22.7 Å². The van der Waals surface area contributed by atoms with Crippen LogP contribution in [0.3, 0.4) is 0 Å². The fourth-order valence-electron chi connectivity index (χ4n) is 1.94. The number of rotatable bonds is 6. The van der Waals surface area contributed by atoms with Crippen molar-refractivity contribution in [3.05, 3.63) is 53.9 Å². The van der Waals surface area contributed by atoms with E-state index in [0.717, 1.165) is 12.1 Å². The van der Waals surface area contributed by atoms with Crippen molar-refractivity contribution in [2.45, 2.75) is 6.18 Å². The Morgan fingerprint density at radius 3 is 2.71 bits per heavy atom. The minimum absolute atomic E-state index is 0.253. The van der Waals surface area contributed by atoms with Crippen LogP contribution in [0, 0.1) is 0 Å². The zero-order valence-corrected chi connectivity index (χ0v) is 12.9. The second kappa shape index (κ2) is 7.78. The smallest absolute Gasteiger partial charge is 0.383 e. The lowest BCUT2D eigenvalue weighted by atomic mass is 10.2. The zero-order chi connectivity index (χ0) is 17.6. The minimum atomic E-state index is -4.42. The van der Waals surface area contributed by atoms with Crippen LogP contribution in [0.15, 0.2) is 42.7 Å². The Morgan fingerprint density at radius 1 is 1.21 bits per heavy atom. The van der Waals surface area contributed by atoms with Crippen molar-refractivity contribution in [3.63, 3.8) is 0 Å². The van der Waals surface area contributed by atoms with E-state index in [2.05, 4.69) is 15.6 Å². The third kappa shape index (κ3) is 4.95. The molecule has 0 spiro atoms. The minimum Gasteiger partial charge on any atom is -0.383 e. The molecule has 1 aromatic carbocycles. The number of carbonyl (C=O) groups is 1. The third-order valence-electron chi connectivity index (χ3n) is 3.07. The van der Waals surface area contributed by atoms with Gasteiger partial charge >= 0.3 is 6.18 Å². The van der Waals surface area contributed by atoms with Gasteiger partial charge in [-0.3, -0.25) is 9.78 Å². The van der Waals surface area contributed by atoms with E-state index in [1.165, 1.54) is 37.7 Å². The van der Waals surface area contributed by atoms with Crippen LogP contribution in [0.4, 0.5) is 24.5 Å². The quantitative estimate of drug-likeness (QED) is 0.793. The molecule has 128 valence electrons. The van der Waals surface area contributed by atoms with E-state index >= 15 is 0 Å². The van der Waals surface area contributed by atoms with E-state index in [1.807, 2.05) is 0 Å². The molecule has 0 aliphatic heterocycles. The number of halogens is 3. The molecule has 0 aliphatic carbocycles. The van der Waals surface area contributed by atoms with Crippen LogP contribution < -0.4 is 10.6 Å². The highest BCUT2D eigenvalue weighted by Gasteiger charge is 2.30. The van der Waals surface area contributed by atoms with E-state index in [9.17, 15) is 18.0 Å². The molecule has 2 aromatic rings. The van der Waals surface area contributed by atoms with Gasteiger partial charge in [-0.2, -0.15) is 13.2 Å². The summed E-state index contributed by atoms with van der Waals surface area (Å²) in [6, 6.07) is 6.30. The summed E-state index contributed by atoms with van der Waals surface area (Å²) in [6.07, 6.45) is -1.62. The standard InChI is InChI=1S/C16H16F3N3O2/c1-24-6-5-21-15(23)11-7-14(10-20-9-11)22-13-4-2-3-12(8-13)16(17,18)19/h2-4,7-10,22H,5-6H2,1H3,(H,21,23). The number of carbonyl (C=O) groups excluding carboxylic acids is 1. The first-order valence-electron chi connectivity index (χ1n) is 7.06. The molecule has 0 aliphatic rings. The van der Waals surface area contributed by atoms with Gasteiger partial charge in [-0.25, -0.2) is 0 Å². The summed E-state index contributed by atoms with van der Waals surface area (Å²) < 4.78 is 43.0. The van der Waals surface area contributed by atoms with Crippen LogP contribution in [0.2, 0.25) is 0 Å². The topological polar surface area (TPSA) is 63.2 Å². The predicted octanol–water partition coefficient (Wildman–Crippen LogP) is 3.22. The molecule has 0 atom stereocenters. The van der Waals surface area contributed by atoms with Crippen LogP contribution >= 0.6 is 0 Å². The molecule has 1 heterocycles. The second-order valence-corrected chi connectivity index (χ2v) is 4.91. The lowest BCUT2D eigenvalue weighted by Gasteiger charge is -2.11. The van der Waals surface area contributed by atoms with E-state index in [-0.39, 0.29) is 11.6 Å². The van der Waals surface area contributed by atoms with Crippen molar-refractivity contribution in [2.24, 2.45) is 0 Å². The molecular weight excluding hydrogens is 323 g/mol. The number of hydrogen-bond donors (Lipinski definition) is 2. The SMILES string of the molecule is COCCNC(=O)c1cncc(Nc2cccc(C(F)(F)F)c2)c1. The summed E-state index contributed by atoms with van der Waals surface area (Å²) in [7, 11) is 1.52. The van der Waals surface area contributed by atoms with Crippen molar-refractivity contribution in [2.75, 3.05) is 25.6 Å². The third-order valence-corrected chi connectivity index (χ3v) is 3.07. The molecule has 0 bridgehead atoms. The van der Waals surface area contributed by atoms with Crippen molar-refractivity contribution in [1.82, 2.24) is 10.3 Å². The molecule has 8 heteroatoms. The van der Waals surface area contributed by atoms with Crippen molar-refractivity contribution >= 4 is 17.3 Å². The van der Waals surface area contributed by atoms with Crippen LogP contribution in [-0.4, -0.2) is 31.2 Å². The highest BCUT2D eigenvalue weighted by atomic mass is 19.4. The van der Waals surface area contributed by atoms with Gasteiger partial charge in [0.05, 0.1) is 29.6 Å². The number of aromatic nitrogens is 1. The summed E-state index contributed by atoms with van der Waals surface area (Å²) in [5.74, 6) is -0.341. The number of anilines is 2. The molecule has 0 unspecified atom stereocenters. The number of amides is 1. The summed E-state index contributed by atoms with van der Waals surface area (Å²) in [5, 5.41) is 5.45. The lowest BCUT2D eigenvalue weighted by Crippen LogP contribution is -2.27. The maximum atomic E-state index is 12.7. The van der Waals surface area contributed by atoms with E-state index in [4.69, 9.17) is 4.74 Å². The van der Waals surface area contributed by atoms with E-state index in [1.54, 1.807) is 0 Å². The molecule has 24 heavy (non-hydrogen) atoms. The monoisotopic (exact) mass is 339 g/mol. The molecule has 0 fully saturated rings. The lowest BCUT2D eigenvalue weighted by molar-refractivity contribution is -0.137. The number of nitrogens with one attached hydrogen (secondary N) is 2. The average Bonchev–Trinajstić information content (AvgIpc) is 2.55. The van der Waals surface area contributed by atoms with Gasteiger partial charge in [0.15, 0.2) is 0 Å². The summed E-state index contributed by atoms with van der Waals surface area (Å²) in [6.45, 7) is 0.724. The van der Waals surface area contributed by atoms with Gasteiger partial charge in [-0.15, -0.1) is 0 Å². The van der Waals surface area contributed by atoms with Crippen LogP contribution in [-0.2, 0) is 10.9 Å². The normalized spacial score (nSPS) is 11.2. The summed E-state index contributed by atoms with van der Waals surface area (Å²) >= 11 is 0. The average molecular weight is 339 g/mol. The van der Waals surface area contributed by atoms with Crippen molar-refractivity contribution in [3.8, 4) is 0 Å². The molecule has 5 nitrogen and oxygen atoms in total. The first-order chi connectivity index (χ1) is 11.4. The maximum Gasteiger partial charge on any atom is 0.416 e. The second-order valence-electron chi connectivity index (χ2n) is 4.91. The van der Waals surface area contributed by atoms with Gasteiger partial charge in [-0.05, 0) is 24.3 Å². The molecule has 1 amide bonds. The first-order valence-corrected chi connectivity index (χ1v) is 7.06. The highest BCUT2D eigenvalue weighted by Crippen LogP contribution is 2.31. The number of pyridine rings is 1. The number of methoxy groups -OCH3 is 1. The molecular formula is C16H16F3N3O2. The molecule has 0 saturated heterocycles. The molecule has 2 rings (SSSR count). The highest BCUT2D eigenvalue weighted by molar-refractivity contribution is 5.94. The molecule has 0 saturated carbocycles. The van der Waals surface area contributed by atoms with Crippen LogP contribution in [0.1, 0.15) is 15.9 Å². The fourth-order valence-corrected chi connectivity index (χ4v) is 1.94. The molecule has 2 N–H and O–H groups in total. The largest absolute Gasteiger partial charge is 0.416 e. The van der Waals surface area contributed by atoms with Gasteiger partial charge in [-0.1, -0.05) is 6.07 Å². The fraction of sp³-hybridized carbons (Fsp3) is 0.250. The Morgan fingerprint density at radius 2 is 2.00 bits per heavy atom. The Bertz CT molecular complexity index is 705. The number of ether oxygens (including phenoxy) is 1. The van der Waals surface area contributed by atoms with Gasteiger partial charge in [0.2, 0.25) is 0 Å². The van der Waals surface area contributed by atoms with Crippen molar-refractivity contribution in [1.29, 1.82) is 0 Å². The Hall–Kier alpha value is -2.61. The predicted molar refractivity (Wildman–Crippen MR) is 83.2 cm³/mol. The molecule has 0 radical (unpaired) electrons. The Kier molecular flexibility index (Phi) is 5.75. The molecule has 1 aromatic heterocycles. The van der Waals surface area contributed by atoms with Gasteiger partial charge < -0.3 is 15.4 Å². The maximum absolute atomic E-state index is 12.7. The van der Waals surface area contributed by atoms with E-state index < -0.39 is 11.7 Å². The zero-order valence-electron chi connectivity index (χ0n) is 12.9. The first kappa shape index (κ1) is 17.7. The number of nitrogens with zero attached hydrogens (tertiary/aromatic N) is 1. The van der Waals surface area contributed by atoms with Crippen LogP contribution in [0.5, 0.6) is 0 Å². The number of benzene rings is 1. The number of hydrogen-bond acceptors (Lipinski definition) is 4. The Balaban J connectivity index is 2.11. The number of alkyl halides is 3. The van der Waals surface area contributed by atoms with Gasteiger partial charge in [0, 0.05) is 25.5 Å².